The minimum Gasteiger partial charge on any atom is -0.456 e. The summed E-state index contributed by atoms with van der Waals surface area (Å²) in [7, 11) is 0. The van der Waals surface area contributed by atoms with E-state index in [2.05, 4.69) is 10.2 Å². The van der Waals surface area contributed by atoms with Gasteiger partial charge in [0.2, 0.25) is 5.91 Å². The number of benzene rings is 2. The molecule has 1 saturated heterocycles. The SMILES string of the molecule is O=C(CN1CCOCC1)Nc1ccc(Oc2cc(=O)oc3ccccc23)cc1. The molecule has 3 aromatic rings. The third kappa shape index (κ3) is 4.39. The summed E-state index contributed by atoms with van der Waals surface area (Å²) in [4.78, 5) is 26.0. The van der Waals surface area contributed by atoms with Gasteiger partial charge in [-0.1, -0.05) is 12.1 Å². The fraction of sp³-hybridized carbons (Fsp3) is 0.238. The highest BCUT2D eigenvalue weighted by atomic mass is 16.5. The van der Waals surface area contributed by atoms with Crippen molar-refractivity contribution in [2.45, 2.75) is 0 Å². The summed E-state index contributed by atoms with van der Waals surface area (Å²) in [5.74, 6) is 0.917. The van der Waals surface area contributed by atoms with E-state index in [0.717, 1.165) is 13.1 Å². The number of hydrogen-bond donors (Lipinski definition) is 1. The summed E-state index contributed by atoms with van der Waals surface area (Å²) < 4.78 is 16.3. The number of fused-ring (bicyclic) bond motifs is 1. The van der Waals surface area contributed by atoms with Gasteiger partial charge in [-0.3, -0.25) is 9.69 Å². The Labute approximate surface area is 161 Å². The average molecular weight is 380 g/mol. The van der Waals surface area contributed by atoms with Crippen LogP contribution in [0.25, 0.3) is 11.0 Å². The van der Waals surface area contributed by atoms with Crippen molar-refractivity contribution < 1.29 is 18.7 Å². The van der Waals surface area contributed by atoms with Crippen molar-refractivity contribution in [2.75, 3.05) is 38.2 Å². The number of carbonyl (C=O) groups is 1. The number of nitrogens with zero attached hydrogens (tertiary/aromatic N) is 1. The van der Waals surface area contributed by atoms with E-state index >= 15 is 0 Å². The van der Waals surface area contributed by atoms with E-state index in [1.165, 1.54) is 6.07 Å². The first-order valence-corrected chi connectivity index (χ1v) is 9.08. The molecular formula is C21H20N2O5. The van der Waals surface area contributed by atoms with Gasteiger partial charge in [0, 0.05) is 18.8 Å². The molecule has 1 aliphatic heterocycles. The standard InChI is InChI=1S/C21H20N2O5/c24-20(14-23-9-11-26-12-10-23)22-15-5-7-16(8-6-15)27-19-13-21(25)28-18-4-2-1-3-17(18)19/h1-8,13H,9-12,14H2,(H,22,24). The van der Waals surface area contributed by atoms with Gasteiger partial charge >= 0.3 is 5.63 Å². The van der Waals surface area contributed by atoms with Crippen molar-refractivity contribution in [3.8, 4) is 11.5 Å². The maximum Gasteiger partial charge on any atom is 0.339 e. The molecule has 0 unspecified atom stereocenters. The second-order valence-corrected chi connectivity index (χ2v) is 6.49. The van der Waals surface area contributed by atoms with Crippen LogP contribution in [0, 0.1) is 0 Å². The molecule has 0 radical (unpaired) electrons. The normalized spacial score (nSPS) is 14.7. The average Bonchev–Trinajstić information content (AvgIpc) is 2.70. The van der Waals surface area contributed by atoms with E-state index in [0.29, 0.717) is 47.9 Å². The molecule has 1 fully saturated rings. The number of ether oxygens (including phenoxy) is 2. The van der Waals surface area contributed by atoms with Crippen molar-refractivity contribution in [1.29, 1.82) is 0 Å². The van der Waals surface area contributed by atoms with Crippen LogP contribution in [0.2, 0.25) is 0 Å². The molecule has 28 heavy (non-hydrogen) atoms. The molecule has 7 heteroatoms. The molecule has 1 amide bonds. The molecule has 1 N–H and O–H groups in total. The molecule has 0 aliphatic carbocycles. The lowest BCUT2D eigenvalue weighted by Gasteiger charge is -2.25. The van der Waals surface area contributed by atoms with Crippen LogP contribution < -0.4 is 15.7 Å². The van der Waals surface area contributed by atoms with Crippen molar-refractivity contribution in [3.05, 3.63) is 65.0 Å². The molecule has 1 aromatic heterocycles. The first kappa shape index (κ1) is 18.2. The molecule has 144 valence electrons. The minimum atomic E-state index is -0.472. The predicted octanol–water partition coefficient (Wildman–Crippen LogP) is 2.86. The number of carbonyl (C=O) groups excluding carboxylic acids is 1. The Morgan fingerprint density at radius 3 is 2.61 bits per heavy atom. The number of para-hydroxylation sites is 1. The van der Waals surface area contributed by atoms with Gasteiger partial charge in [0.25, 0.3) is 0 Å². The van der Waals surface area contributed by atoms with Crippen molar-refractivity contribution in [2.24, 2.45) is 0 Å². The van der Waals surface area contributed by atoms with Gasteiger partial charge in [-0.15, -0.1) is 0 Å². The molecular weight excluding hydrogens is 360 g/mol. The van der Waals surface area contributed by atoms with Gasteiger partial charge in [-0.2, -0.15) is 0 Å². The zero-order valence-electron chi connectivity index (χ0n) is 15.2. The van der Waals surface area contributed by atoms with Gasteiger partial charge in [0.15, 0.2) is 0 Å². The third-order valence-corrected chi connectivity index (χ3v) is 4.45. The van der Waals surface area contributed by atoms with E-state index in [9.17, 15) is 9.59 Å². The van der Waals surface area contributed by atoms with Gasteiger partial charge in [0.1, 0.15) is 17.1 Å². The Hall–Kier alpha value is -3.16. The van der Waals surface area contributed by atoms with Crippen molar-refractivity contribution in [3.63, 3.8) is 0 Å². The van der Waals surface area contributed by atoms with Crippen molar-refractivity contribution >= 4 is 22.6 Å². The minimum absolute atomic E-state index is 0.0674. The zero-order chi connectivity index (χ0) is 19.3. The summed E-state index contributed by atoms with van der Waals surface area (Å²) in [6, 6.07) is 15.5. The van der Waals surface area contributed by atoms with E-state index in [-0.39, 0.29) is 5.91 Å². The lowest BCUT2D eigenvalue weighted by molar-refractivity contribution is -0.118. The van der Waals surface area contributed by atoms with E-state index in [1.807, 2.05) is 12.1 Å². The smallest absolute Gasteiger partial charge is 0.339 e. The predicted molar refractivity (Wildman–Crippen MR) is 105 cm³/mol. The number of rotatable bonds is 5. The van der Waals surface area contributed by atoms with Crippen LogP contribution in [0.15, 0.2) is 63.8 Å². The number of anilines is 1. The van der Waals surface area contributed by atoms with E-state index in [4.69, 9.17) is 13.9 Å². The fourth-order valence-electron chi connectivity index (χ4n) is 3.06. The zero-order valence-corrected chi connectivity index (χ0v) is 15.2. The maximum absolute atomic E-state index is 12.2. The fourth-order valence-corrected chi connectivity index (χ4v) is 3.06. The van der Waals surface area contributed by atoms with E-state index < -0.39 is 5.63 Å². The van der Waals surface area contributed by atoms with Crippen LogP contribution in [-0.4, -0.2) is 43.7 Å². The van der Waals surface area contributed by atoms with Crippen LogP contribution in [0.3, 0.4) is 0 Å². The summed E-state index contributed by atoms with van der Waals surface area (Å²) in [5.41, 5.74) is 0.681. The van der Waals surface area contributed by atoms with Crippen molar-refractivity contribution in [1.82, 2.24) is 4.90 Å². The third-order valence-electron chi connectivity index (χ3n) is 4.45. The Balaban J connectivity index is 1.42. The molecule has 2 aromatic carbocycles. The van der Waals surface area contributed by atoms with Gasteiger partial charge in [-0.05, 0) is 36.4 Å². The van der Waals surface area contributed by atoms with Gasteiger partial charge < -0.3 is 19.2 Å². The monoisotopic (exact) mass is 380 g/mol. The van der Waals surface area contributed by atoms with Crippen LogP contribution in [0.1, 0.15) is 0 Å². The van der Waals surface area contributed by atoms with Gasteiger partial charge in [0.05, 0.1) is 31.2 Å². The topological polar surface area (TPSA) is 81.0 Å². The van der Waals surface area contributed by atoms with Crippen LogP contribution in [0.5, 0.6) is 11.5 Å². The molecule has 0 spiro atoms. The number of amides is 1. The van der Waals surface area contributed by atoms with Crippen LogP contribution >= 0.6 is 0 Å². The number of nitrogens with one attached hydrogen (secondary N) is 1. The highest BCUT2D eigenvalue weighted by molar-refractivity contribution is 5.92. The Morgan fingerprint density at radius 2 is 1.82 bits per heavy atom. The Kier molecular flexibility index (Phi) is 5.36. The quantitative estimate of drug-likeness (QED) is 0.686. The largest absolute Gasteiger partial charge is 0.456 e. The molecule has 0 saturated carbocycles. The molecule has 0 atom stereocenters. The first-order valence-electron chi connectivity index (χ1n) is 9.08. The first-order chi connectivity index (χ1) is 13.7. The molecule has 4 rings (SSSR count). The van der Waals surface area contributed by atoms with Crippen LogP contribution in [-0.2, 0) is 9.53 Å². The maximum atomic E-state index is 12.2. The number of morpholine rings is 1. The lowest BCUT2D eigenvalue weighted by Crippen LogP contribution is -2.41. The second-order valence-electron chi connectivity index (χ2n) is 6.49. The summed E-state index contributed by atoms with van der Waals surface area (Å²) in [5, 5.41) is 3.59. The Morgan fingerprint density at radius 1 is 1.07 bits per heavy atom. The molecule has 7 nitrogen and oxygen atoms in total. The van der Waals surface area contributed by atoms with Crippen LogP contribution in [0.4, 0.5) is 5.69 Å². The Bertz CT molecular complexity index is 1020. The summed E-state index contributed by atoms with van der Waals surface area (Å²) in [6.07, 6.45) is 0. The van der Waals surface area contributed by atoms with E-state index in [1.54, 1.807) is 36.4 Å². The highest BCUT2D eigenvalue weighted by Crippen LogP contribution is 2.29. The molecule has 2 heterocycles. The highest BCUT2D eigenvalue weighted by Gasteiger charge is 2.14. The van der Waals surface area contributed by atoms with Gasteiger partial charge in [-0.25, -0.2) is 4.79 Å². The lowest BCUT2D eigenvalue weighted by atomic mass is 10.2. The summed E-state index contributed by atoms with van der Waals surface area (Å²) in [6.45, 7) is 3.18. The second kappa shape index (κ2) is 8.24. The molecule has 0 bridgehead atoms. The summed E-state index contributed by atoms with van der Waals surface area (Å²) >= 11 is 0. The number of hydrogen-bond acceptors (Lipinski definition) is 6. The molecule has 1 aliphatic rings.